The van der Waals surface area contributed by atoms with Crippen molar-refractivity contribution >= 4 is 15.9 Å². The molecule has 1 atom stereocenters. The largest absolute Gasteiger partial charge is 0.375 e. The zero-order valence-corrected chi connectivity index (χ0v) is 7.57. The summed E-state index contributed by atoms with van der Waals surface area (Å²) in [4.78, 5) is 0. The van der Waals surface area contributed by atoms with Crippen molar-refractivity contribution in [2.75, 3.05) is 11.9 Å². The topological polar surface area (TPSA) is 9.23 Å². The fraction of sp³-hybridized carbons (Fsp3) is 1.00. The number of ether oxygens (including phenoxy) is 1. The van der Waals surface area contributed by atoms with Crippen molar-refractivity contribution in [2.45, 2.75) is 25.9 Å². The van der Waals surface area contributed by atoms with Gasteiger partial charge in [-0.05, 0) is 26.2 Å². The lowest BCUT2D eigenvalue weighted by Crippen LogP contribution is -2.27. The van der Waals surface area contributed by atoms with Crippen molar-refractivity contribution < 1.29 is 4.74 Å². The molecule has 54 valence electrons. The van der Waals surface area contributed by atoms with Crippen LogP contribution in [0.25, 0.3) is 0 Å². The molecule has 0 radical (unpaired) electrons. The molecule has 0 N–H and O–H groups in total. The van der Waals surface area contributed by atoms with Gasteiger partial charge in [-0.15, -0.1) is 0 Å². The van der Waals surface area contributed by atoms with Crippen LogP contribution in [0.4, 0.5) is 0 Å². The third-order valence-corrected chi connectivity index (χ3v) is 2.89. The number of halogens is 1. The Kier molecular flexibility index (Phi) is 2.17. The maximum atomic E-state index is 5.51. The molecular weight excluding hydrogens is 180 g/mol. The van der Waals surface area contributed by atoms with Crippen molar-refractivity contribution in [3.05, 3.63) is 0 Å². The molecule has 1 fully saturated rings. The molecule has 9 heavy (non-hydrogen) atoms. The first-order valence-corrected chi connectivity index (χ1v) is 4.49. The van der Waals surface area contributed by atoms with Gasteiger partial charge in [-0.1, -0.05) is 15.9 Å². The lowest BCUT2D eigenvalue weighted by atomic mass is 9.93. The van der Waals surface area contributed by atoms with Crippen LogP contribution in [0.2, 0.25) is 0 Å². The summed E-state index contributed by atoms with van der Waals surface area (Å²) < 4.78 is 5.51. The Hall–Kier alpha value is 0.440. The van der Waals surface area contributed by atoms with E-state index in [-0.39, 0.29) is 5.60 Å². The highest BCUT2D eigenvalue weighted by atomic mass is 79.9. The first-order valence-electron chi connectivity index (χ1n) is 3.37. The van der Waals surface area contributed by atoms with Crippen LogP contribution < -0.4 is 0 Å². The minimum Gasteiger partial charge on any atom is -0.375 e. The Morgan fingerprint density at radius 1 is 1.67 bits per heavy atom. The molecule has 1 saturated heterocycles. The van der Waals surface area contributed by atoms with E-state index in [9.17, 15) is 0 Å². The van der Waals surface area contributed by atoms with Crippen molar-refractivity contribution in [3.63, 3.8) is 0 Å². The highest BCUT2D eigenvalue weighted by Crippen LogP contribution is 2.32. The molecule has 1 heterocycles. The molecule has 0 aromatic heterocycles. The van der Waals surface area contributed by atoms with Gasteiger partial charge in [0.1, 0.15) is 0 Å². The third-order valence-electron chi connectivity index (χ3n) is 2.11. The summed E-state index contributed by atoms with van der Waals surface area (Å²) in [6.07, 6.45) is 1.21. The second-order valence-corrected chi connectivity index (χ2v) is 3.74. The first kappa shape index (κ1) is 7.55. The highest BCUT2D eigenvalue weighted by molar-refractivity contribution is 9.09. The second kappa shape index (κ2) is 2.59. The molecule has 0 aromatic rings. The van der Waals surface area contributed by atoms with Crippen molar-refractivity contribution in [2.24, 2.45) is 5.92 Å². The van der Waals surface area contributed by atoms with E-state index < -0.39 is 0 Å². The zero-order chi connectivity index (χ0) is 6.91. The van der Waals surface area contributed by atoms with Crippen LogP contribution in [-0.4, -0.2) is 17.5 Å². The molecule has 1 unspecified atom stereocenters. The van der Waals surface area contributed by atoms with Gasteiger partial charge in [-0.25, -0.2) is 0 Å². The minimum atomic E-state index is 0.115. The SMILES string of the molecule is CC1(C)OCCC1CBr. The fourth-order valence-electron chi connectivity index (χ4n) is 1.19. The molecule has 0 saturated carbocycles. The average molecular weight is 193 g/mol. The monoisotopic (exact) mass is 192 g/mol. The molecule has 0 aromatic carbocycles. The van der Waals surface area contributed by atoms with Gasteiger partial charge in [0.05, 0.1) is 5.60 Å². The Morgan fingerprint density at radius 2 is 2.33 bits per heavy atom. The van der Waals surface area contributed by atoms with Crippen LogP contribution in [0.3, 0.4) is 0 Å². The van der Waals surface area contributed by atoms with Gasteiger partial charge in [0.25, 0.3) is 0 Å². The van der Waals surface area contributed by atoms with E-state index in [2.05, 4.69) is 29.8 Å². The maximum Gasteiger partial charge on any atom is 0.0663 e. The van der Waals surface area contributed by atoms with Crippen LogP contribution in [0.15, 0.2) is 0 Å². The molecule has 2 heteroatoms. The van der Waals surface area contributed by atoms with Crippen LogP contribution in [0.5, 0.6) is 0 Å². The van der Waals surface area contributed by atoms with E-state index in [1.54, 1.807) is 0 Å². The maximum absolute atomic E-state index is 5.51. The van der Waals surface area contributed by atoms with Crippen molar-refractivity contribution in [1.82, 2.24) is 0 Å². The van der Waals surface area contributed by atoms with Crippen LogP contribution in [0.1, 0.15) is 20.3 Å². The molecule has 1 nitrogen and oxygen atoms in total. The number of hydrogen-bond acceptors (Lipinski definition) is 1. The van der Waals surface area contributed by atoms with Crippen molar-refractivity contribution in [1.29, 1.82) is 0 Å². The summed E-state index contributed by atoms with van der Waals surface area (Å²) in [6, 6.07) is 0. The molecule has 0 aliphatic carbocycles. The normalized spacial score (nSPS) is 33.0. The van der Waals surface area contributed by atoms with Gasteiger partial charge in [0.15, 0.2) is 0 Å². The highest BCUT2D eigenvalue weighted by Gasteiger charge is 2.34. The standard InChI is InChI=1S/C7H13BrO/c1-7(2)6(5-8)3-4-9-7/h6H,3-5H2,1-2H3. The predicted molar refractivity (Wildman–Crippen MR) is 41.9 cm³/mol. The summed E-state index contributed by atoms with van der Waals surface area (Å²) >= 11 is 3.47. The quantitative estimate of drug-likeness (QED) is 0.580. The van der Waals surface area contributed by atoms with Crippen LogP contribution >= 0.6 is 15.9 Å². The Balaban J connectivity index is 2.52. The molecule has 1 rings (SSSR count). The lowest BCUT2D eigenvalue weighted by molar-refractivity contribution is 0.0166. The van der Waals surface area contributed by atoms with E-state index in [0.29, 0.717) is 5.92 Å². The molecular formula is C7H13BrO. The van der Waals surface area contributed by atoms with E-state index >= 15 is 0 Å². The van der Waals surface area contributed by atoms with E-state index in [4.69, 9.17) is 4.74 Å². The number of rotatable bonds is 1. The van der Waals surface area contributed by atoms with Gasteiger partial charge >= 0.3 is 0 Å². The van der Waals surface area contributed by atoms with Gasteiger partial charge < -0.3 is 4.74 Å². The summed E-state index contributed by atoms with van der Waals surface area (Å²) in [5, 5.41) is 1.07. The van der Waals surface area contributed by atoms with E-state index in [1.165, 1.54) is 6.42 Å². The Labute approximate surface area is 64.9 Å². The summed E-state index contributed by atoms with van der Waals surface area (Å²) in [7, 11) is 0. The second-order valence-electron chi connectivity index (χ2n) is 3.09. The molecule has 1 aliphatic rings. The zero-order valence-electron chi connectivity index (χ0n) is 5.98. The summed E-state index contributed by atoms with van der Waals surface area (Å²) in [5.41, 5.74) is 0.115. The minimum absolute atomic E-state index is 0.115. The van der Waals surface area contributed by atoms with Crippen molar-refractivity contribution in [3.8, 4) is 0 Å². The van der Waals surface area contributed by atoms with E-state index in [1.807, 2.05) is 0 Å². The number of hydrogen-bond donors (Lipinski definition) is 0. The summed E-state index contributed by atoms with van der Waals surface area (Å²) in [6.45, 7) is 5.25. The van der Waals surface area contributed by atoms with Gasteiger partial charge in [-0.2, -0.15) is 0 Å². The molecule has 0 bridgehead atoms. The smallest absolute Gasteiger partial charge is 0.0663 e. The van der Waals surface area contributed by atoms with Gasteiger partial charge in [0.2, 0.25) is 0 Å². The predicted octanol–water partition coefficient (Wildman–Crippen LogP) is 2.20. The summed E-state index contributed by atoms with van der Waals surface area (Å²) in [5.74, 6) is 0.706. The molecule has 0 spiro atoms. The molecule has 1 aliphatic heterocycles. The first-order chi connectivity index (χ1) is 4.17. The van der Waals surface area contributed by atoms with Crippen LogP contribution in [0, 0.1) is 5.92 Å². The fourth-order valence-corrected chi connectivity index (χ4v) is 2.30. The van der Waals surface area contributed by atoms with E-state index in [0.717, 1.165) is 11.9 Å². The van der Waals surface area contributed by atoms with Gasteiger partial charge in [0, 0.05) is 11.9 Å². The molecule has 0 amide bonds. The average Bonchev–Trinajstić information content (AvgIpc) is 2.08. The third kappa shape index (κ3) is 1.47. The van der Waals surface area contributed by atoms with Crippen LogP contribution in [-0.2, 0) is 4.74 Å². The Morgan fingerprint density at radius 3 is 2.56 bits per heavy atom. The lowest BCUT2D eigenvalue weighted by Gasteiger charge is -2.23. The number of alkyl halides is 1. The Bertz CT molecular complexity index is 101. The van der Waals surface area contributed by atoms with Gasteiger partial charge in [-0.3, -0.25) is 0 Å².